The maximum absolute atomic E-state index is 11.5. The lowest BCUT2D eigenvalue weighted by Crippen LogP contribution is -2.48. The van der Waals surface area contributed by atoms with E-state index in [0.717, 1.165) is 50.2 Å². The molecule has 0 radical (unpaired) electrons. The molecular formula is C19H25N5O. The van der Waals surface area contributed by atoms with Crippen molar-refractivity contribution in [2.24, 2.45) is 0 Å². The van der Waals surface area contributed by atoms with Crippen LogP contribution in [0.25, 0.3) is 0 Å². The number of aryl methyl sites for hydroxylation is 2. The zero-order valence-electron chi connectivity index (χ0n) is 15.1. The number of hydrogen-bond acceptors (Lipinski definition) is 5. The van der Waals surface area contributed by atoms with Gasteiger partial charge in [0.25, 0.3) is 0 Å². The fourth-order valence-corrected chi connectivity index (χ4v) is 2.90. The number of carbonyl (C=O) groups is 1. The number of piperazine rings is 1. The molecule has 132 valence electrons. The van der Waals surface area contributed by atoms with Crippen LogP contribution in [0.5, 0.6) is 0 Å². The van der Waals surface area contributed by atoms with Gasteiger partial charge in [0.1, 0.15) is 5.82 Å². The molecule has 6 nitrogen and oxygen atoms in total. The summed E-state index contributed by atoms with van der Waals surface area (Å²) in [5.74, 6) is 1.69. The number of aromatic nitrogens is 2. The Bertz CT molecular complexity index is 736. The number of rotatable bonds is 4. The van der Waals surface area contributed by atoms with Gasteiger partial charge >= 0.3 is 0 Å². The Morgan fingerprint density at radius 3 is 2.40 bits per heavy atom. The predicted octanol–water partition coefficient (Wildman–Crippen LogP) is 2.37. The van der Waals surface area contributed by atoms with Crippen molar-refractivity contribution in [2.75, 3.05) is 36.4 Å². The van der Waals surface area contributed by atoms with Crippen LogP contribution in [0.4, 0.5) is 11.8 Å². The molecule has 0 saturated carbocycles. The minimum absolute atomic E-state index is 0.130. The summed E-state index contributed by atoms with van der Waals surface area (Å²) in [4.78, 5) is 24.7. The van der Waals surface area contributed by atoms with E-state index in [4.69, 9.17) is 0 Å². The smallest absolute Gasteiger partial charge is 0.227 e. The molecule has 1 saturated heterocycles. The van der Waals surface area contributed by atoms with Crippen molar-refractivity contribution in [2.45, 2.75) is 27.3 Å². The Morgan fingerprint density at radius 2 is 1.76 bits per heavy atom. The highest BCUT2D eigenvalue weighted by Crippen LogP contribution is 2.16. The first-order valence-corrected chi connectivity index (χ1v) is 8.67. The molecule has 2 heterocycles. The summed E-state index contributed by atoms with van der Waals surface area (Å²) in [5.41, 5.74) is 3.41. The molecule has 0 unspecified atom stereocenters. The van der Waals surface area contributed by atoms with Crippen LogP contribution in [0.15, 0.2) is 30.3 Å². The van der Waals surface area contributed by atoms with Gasteiger partial charge in [-0.2, -0.15) is 4.98 Å². The molecule has 1 aromatic heterocycles. The minimum atomic E-state index is 0.130. The molecule has 1 N–H and O–H groups in total. The molecule has 25 heavy (non-hydrogen) atoms. The molecule has 0 bridgehead atoms. The molecule has 2 aromatic rings. The molecule has 1 amide bonds. The maximum atomic E-state index is 11.5. The van der Waals surface area contributed by atoms with E-state index in [2.05, 4.69) is 51.4 Å². The van der Waals surface area contributed by atoms with E-state index in [1.807, 2.05) is 17.9 Å². The summed E-state index contributed by atoms with van der Waals surface area (Å²) < 4.78 is 0. The van der Waals surface area contributed by atoms with Gasteiger partial charge in [-0.1, -0.05) is 29.8 Å². The quantitative estimate of drug-likeness (QED) is 0.927. The zero-order valence-corrected chi connectivity index (χ0v) is 15.1. The average Bonchev–Trinajstić information content (AvgIpc) is 2.61. The van der Waals surface area contributed by atoms with Crippen LogP contribution in [0.1, 0.15) is 23.7 Å². The van der Waals surface area contributed by atoms with Gasteiger partial charge in [-0.15, -0.1) is 0 Å². The first-order valence-electron chi connectivity index (χ1n) is 8.67. The van der Waals surface area contributed by atoms with Crippen LogP contribution >= 0.6 is 0 Å². The topological polar surface area (TPSA) is 61.4 Å². The van der Waals surface area contributed by atoms with E-state index in [-0.39, 0.29) is 5.91 Å². The minimum Gasteiger partial charge on any atom is -0.366 e. The summed E-state index contributed by atoms with van der Waals surface area (Å²) in [6.07, 6.45) is 0. The number of hydrogen-bond donors (Lipinski definition) is 1. The summed E-state index contributed by atoms with van der Waals surface area (Å²) in [5, 5.41) is 3.39. The van der Waals surface area contributed by atoms with Crippen molar-refractivity contribution in [3.8, 4) is 0 Å². The third kappa shape index (κ3) is 4.47. The van der Waals surface area contributed by atoms with Crippen LogP contribution in [0.3, 0.4) is 0 Å². The number of amides is 1. The van der Waals surface area contributed by atoms with Crippen molar-refractivity contribution in [1.29, 1.82) is 0 Å². The monoisotopic (exact) mass is 339 g/mol. The van der Waals surface area contributed by atoms with Gasteiger partial charge in [0.15, 0.2) is 0 Å². The second-order valence-corrected chi connectivity index (χ2v) is 6.53. The van der Waals surface area contributed by atoms with Gasteiger partial charge in [0.2, 0.25) is 11.9 Å². The lowest BCUT2D eigenvalue weighted by Gasteiger charge is -2.34. The van der Waals surface area contributed by atoms with Crippen molar-refractivity contribution in [3.63, 3.8) is 0 Å². The Labute approximate surface area is 148 Å². The third-order valence-corrected chi connectivity index (χ3v) is 4.44. The highest BCUT2D eigenvalue weighted by Gasteiger charge is 2.20. The van der Waals surface area contributed by atoms with Gasteiger partial charge in [0.05, 0.1) is 0 Å². The van der Waals surface area contributed by atoms with Crippen molar-refractivity contribution in [1.82, 2.24) is 14.9 Å². The van der Waals surface area contributed by atoms with Crippen molar-refractivity contribution in [3.05, 3.63) is 47.2 Å². The largest absolute Gasteiger partial charge is 0.366 e. The lowest BCUT2D eigenvalue weighted by atomic mass is 10.1. The first kappa shape index (κ1) is 17.2. The molecule has 1 aliphatic heterocycles. The molecule has 1 fully saturated rings. The second kappa shape index (κ2) is 7.51. The Balaban J connectivity index is 1.66. The van der Waals surface area contributed by atoms with E-state index in [1.165, 1.54) is 11.1 Å². The van der Waals surface area contributed by atoms with Crippen molar-refractivity contribution < 1.29 is 4.79 Å². The number of carbonyl (C=O) groups excluding carboxylic acids is 1. The van der Waals surface area contributed by atoms with Gasteiger partial charge in [-0.25, -0.2) is 4.98 Å². The molecule has 0 atom stereocenters. The SMILES string of the molecule is CC(=O)N1CCN(c2nc(C)cc(NCc3ccc(C)cc3)n2)CC1. The molecule has 1 aliphatic rings. The third-order valence-electron chi connectivity index (χ3n) is 4.44. The van der Waals surface area contributed by atoms with Crippen LogP contribution in [0, 0.1) is 13.8 Å². The molecule has 1 aromatic carbocycles. The van der Waals surface area contributed by atoms with Gasteiger partial charge in [0, 0.05) is 51.4 Å². The number of benzene rings is 1. The van der Waals surface area contributed by atoms with Gasteiger partial charge < -0.3 is 15.1 Å². The highest BCUT2D eigenvalue weighted by atomic mass is 16.2. The summed E-state index contributed by atoms with van der Waals surface area (Å²) in [6.45, 7) is 9.38. The van der Waals surface area contributed by atoms with Crippen LogP contribution in [0.2, 0.25) is 0 Å². The standard InChI is InChI=1S/C19H25N5O/c1-14-4-6-17(7-5-14)13-20-18-12-15(2)21-19(22-18)24-10-8-23(9-11-24)16(3)25/h4-7,12H,8-11,13H2,1-3H3,(H,20,21,22). The first-order chi connectivity index (χ1) is 12.0. The van der Waals surface area contributed by atoms with Crippen LogP contribution < -0.4 is 10.2 Å². The Hall–Kier alpha value is -2.63. The molecule has 0 aliphatic carbocycles. The molecular weight excluding hydrogens is 314 g/mol. The highest BCUT2D eigenvalue weighted by molar-refractivity contribution is 5.73. The van der Waals surface area contributed by atoms with E-state index < -0.39 is 0 Å². The Morgan fingerprint density at radius 1 is 1.08 bits per heavy atom. The fourth-order valence-electron chi connectivity index (χ4n) is 2.90. The predicted molar refractivity (Wildman–Crippen MR) is 99.7 cm³/mol. The Kier molecular flexibility index (Phi) is 5.16. The molecule has 3 rings (SSSR count). The zero-order chi connectivity index (χ0) is 17.8. The summed E-state index contributed by atoms with van der Waals surface area (Å²) >= 11 is 0. The number of nitrogens with zero attached hydrogens (tertiary/aromatic N) is 4. The summed E-state index contributed by atoms with van der Waals surface area (Å²) in [6, 6.07) is 10.4. The van der Waals surface area contributed by atoms with E-state index in [9.17, 15) is 4.79 Å². The fraction of sp³-hybridized carbons (Fsp3) is 0.421. The second-order valence-electron chi connectivity index (χ2n) is 6.53. The van der Waals surface area contributed by atoms with E-state index in [0.29, 0.717) is 0 Å². The molecule has 0 spiro atoms. The van der Waals surface area contributed by atoms with Crippen LogP contribution in [-0.2, 0) is 11.3 Å². The van der Waals surface area contributed by atoms with Crippen LogP contribution in [-0.4, -0.2) is 47.0 Å². The van der Waals surface area contributed by atoms with Gasteiger partial charge in [-0.3, -0.25) is 4.79 Å². The average molecular weight is 339 g/mol. The maximum Gasteiger partial charge on any atom is 0.227 e. The van der Waals surface area contributed by atoms with E-state index in [1.54, 1.807) is 6.92 Å². The molecule has 6 heteroatoms. The lowest BCUT2D eigenvalue weighted by molar-refractivity contribution is -0.129. The normalized spacial score (nSPS) is 14.5. The number of nitrogens with one attached hydrogen (secondary N) is 1. The summed E-state index contributed by atoms with van der Waals surface area (Å²) in [7, 11) is 0. The van der Waals surface area contributed by atoms with Crippen molar-refractivity contribution >= 4 is 17.7 Å². The van der Waals surface area contributed by atoms with E-state index >= 15 is 0 Å². The number of anilines is 2. The van der Waals surface area contributed by atoms with Gasteiger partial charge in [-0.05, 0) is 19.4 Å².